The van der Waals surface area contributed by atoms with Crippen LogP contribution in [0.3, 0.4) is 0 Å². The molecule has 6 rings (SSSR count). The maximum Gasteiger partial charge on any atom is 1.00 e. The number of nitrogens with one attached hydrogen (secondary N) is 1. The van der Waals surface area contributed by atoms with Crippen LogP contribution in [0.1, 0.15) is 82.5 Å². The molecule has 1 aliphatic heterocycles. The van der Waals surface area contributed by atoms with Gasteiger partial charge < -0.3 is 24.7 Å². The molecule has 39 heavy (non-hydrogen) atoms. The molecule has 0 spiro atoms. The van der Waals surface area contributed by atoms with E-state index in [0.717, 1.165) is 60.1 Å². The maximum absolute atomic E-state index is 12.7. The zero-order chi connectivity index (χ0) is 26.2. The fourth-order valence-corrected chi connectivity index (χ4v) is 5.36. The minimum atomic E-state index is -1.05. The first-order valence-electron chi connectivity index (χ1n) is 13.3. The largest absolute Gasteiger partial charge is 1.00 e. The molecule has 3 aliphatic rings. The summed E-state index contributed by atoms with van der Waals surface area (Å²) in [6.45, 7) is 0.881. The SMILES string of the molecule is O=C(NCCc1ccc(Cl)cc1)c1ccc(Oc2c(C3CC3)cc3c(c2C2CC2)OCCC3C(=O)[O-])cc1.[Na+]. The molecule has 196 valence electrons. The van der Waals surface area contributed by atoms with Gasteiger partial charge in [0.15, 0.2) is 0 Å². The number of carboxylic acid groups (broad SMARTS) is 1. The average molecular weight is 554 g/mol. The molecule has 0 radical (unpaired) electrons. The second-order valence-corrected chi connectivity index (χ2v) is 10.9. The maximum atomic E-state index is 12.7. The van der Waals surface area contributed by atoms with Crippen LogP contribution in [0.25, 0.3) is 0 Å². The van der Waals surface area contributed by atoms with Gasteiger partial charge in [0.2, 0.25) is 0 Å². The fraction of sp³-hybridized carbons (Fsp3) is 0.355. The van der Waals surface area contributed by atoms with Crippen LogP contribution < -0.4 is 49.5 Å². The van der Waals surface area contributed by atoms with E-state index in [4.69, 9.17) is 21.1 Å². The first-order valence-corrected chi connectivity index (χ1v) is 13.7. The Labute approximate surface area is 255 Å². The van der Waals surface area contributed by atoms with E-state index in [2.05, 4.69) is 5.32 Å². The summed E-state index contributed by atoms with van der Waals surface area (Å²) in [6.07, 6.45) is 5.33. The number of aliphatic carboxylic acids is 1. The number of carbonyl (C=O) groups is 2. The second-order valence-electron chi connectivity index (χ2n) is 10.4. The summed E-state index contributed by atoms with van der Waals surface area (Å²) in [7, 11) is 0. The van der Waals surface area contributed by atoms with Crippen LogP contribution in [0.2, 0.25) is 5.02 Å². The first kappa shape index (κ1) is 28.0. The predicted molar refractivity (Wildman–Crippen MR) is 142 cm³/mol. The molecule has 1 heterocycles. The Bertz CT molecular complexity index is 1370. The van der Waals surface area contributed by atoms with Gasteiger partial charge in [-0.2, -0.15) is 0 Å². The molecule has 3 aromatic rings. The zero-order valence-corrected chi connectivity index (χ0v) is 24.8. The molecule has 3 aromatic carbocycles. The van der Waals surface area contributed by atoms with Gasteiger partial charge in [0.1, 0.15) is 17.2 Å². The molecule has 8 heteroatoms. The summed E-state index contributed by atoms with van der Waals surface area (Å²) in [5.74, 6) is 0.939. The number of benzene rings is 3. The monoisotopic (exact) mass is 553 g/mol. The van der Waals surface area contributed by atoms with E-state index in [1.165, 1.54) is 0 Å². The summed E-state index contributed by atoms with van der Waals surface area (Å²) in [5.41, 5.74) is 4.46. The molecule has 0 aromatic heterocycles. The normalized spacial score (nSPS) is 17.8. The van der Waals surface area contributed by atoms with Crippen LogP contribution in [0, 0.1) is 0 Å². The molecule has 1 amide bonds. The zero-order valence-electron chi connectivity index (χ0n) is 22.0. The summed E-state index contributed by atoms with van der Waals surface area (Å²) in [4.78, 5) is 24.6. The number of fused-ring (bicyclic) bond motifs is 1. The Hall–Kier alpha value is -2.51. The van der Waals surface area contributed by atoms with Gasteiger partial charge in [0.25, 0.3) is 5.91 Å². The van der Waals surface area contributed by atoms with Gasteiger partial charge in [-0.05, 0) is 104 Å². The smallest absolute Gasteiger partial charge is 0.549 e. The Morgan fingerprint density at radius 3 is 2.28 bits per heavy atom. The topological polar surface area (TPSA) is 87.7 Å². The first-order chi connectivity index (χ1) is 18.5. The molecule has 0 bridgehead atoms. The number of hydrogen-bond acceptors (Lipinski definition) is 5. The minimum Gasteiger partial charge on any atom is -0.549 e. The number of amides is 1. The Balaban J connectivity index is 0.00000308. The van der Waals surface area contributed by atoms with Gasteiger partial charge in [-0.3, -0.25) is 4.79 Å². The minimum absolute atomic E-state index is 0. The van der Waals surface area contributed by atoms with E-state index >= 15 is 0 Å². The van der Waals surface area contributed by atoms with E-state index in [-0.39, 0.29) is 35.5 Å². The van der Waals surface area contributed by atoms with Crippen molar-refractivity contribution >= 4 is 23.5 Å². The molecule has 6 nitrogen and oxygen atoms in total. The van der Waals surface area contributed by atoms with Crippen molar-refractivity contribution in [3.05, 3.63) is 87.4 Å². The third kappa shape index (κ3) is 6.30. The van der Waals surface area contributed by atoms with Gasteiger partial charge in [-0.25, -0.2) is 0 Å². The van der Waals surface area contributed by atoms with Crippen molar-refractivity contribution in [2.45, 2.75) is 56.3 Å². The summed E-state index contributed by atoms with van der Waals surface area (Å²) in [5, 5.41) is 15.5. The van der Waals surface area contributed by atoms with Gasteiger partial charge in [0.05, 0.1) is 6.61 Å². The number of ether oxygens (including phenoxy) is 2. The number of hydrogen-bond donors (Lipinski definition) is 1. The third-order valence-corrected chi connectivity index (χ3v) is 7.84. The van der Waals surface area contributed by atoms with E-state index in [1.807, 2.05) is 42.5 Å². The van der Waals surface area contributed by atoms with E-state index in [0.29, 0.717) is 53.5 Å². The van der Waals surface area contributed by atoms with Crippen molar-refractivity contribution in [3.63, 3.8) is 0 Å². The van der Waals surface area contributed by atoms with Gasteiger partial charge in [-0.1, -0.05) is 23.7 Å². The van der Waals surface area contributed by atoms with Crippen molar-refractivity contribution in [1.82, 2.24) is 5.32 Å². The van der Waals surface area contributed by atoms with E-state index in [1.54, 1.807) is 12.1 Å². The Morgan fingerprint density at radius 2 is 1.64 bits per heavy atom. The molecule has 2 saturated carbocycles. The Morgan fingerprint density at radius 1 is 0.949 bits per heavy atom. The van der Waals surface area contributed by atoms with Crippen molar-refractivity contribution in [3.8, 4) is 17.2 Å². The van der Waals surface area contributed by atoms with E-state index in [9.17, 15) is 14.7 Å². The van der Waals surface area contributed by atoms with Gasteiger partial charge in [0, 0.05) is 40.1 Å². The van der Waals surface area contributed by atoms with Gasteiger partial charge >= 0.3 is 29.6 Å². The van der Waals surface area contributed by atoms with Crippen LogP contribution in [0.4, 0.5) is 0 Å². The number of rotatable bonds is 9. The van der Waals surface area contributed by atoms with Crippen LogP contribution in [0.5, 0.6) is 17.2 Å². The quantitative estimate of drug-likeness (QED) is 0.411. The van der Waals surface area contributed by atoms with Gasteiger partial charge in [-0.15, -0.1) is 0 Å². The van der Waals surface area contributed by atoms with Crippen LogP contribution >= 0.6 is 11.6 Å². The fourth-order valence-electron chi connectivity index (χ4n) is 5.23. The van der Waals surface area contributed by atoms with Crippen molar-refractivity contribution in [1.29, 1.82) is 0 Å². The number of halogens is 1. The number of carboxylic acids is 1. The molecular weight excluding hydrogens is 525 g/mol. The number of carbonyl (C=O) groups excluding carboxylic acids is 2. The molecule has 1 N–H and O–H groups in total. The predicted octanol–water partition coefficient (Wildman–Crippen LogP) is 2.48. The standard InChI is InChI=1S/C31H30ClNO5.Na/c32-22-9-1-18(2-10-22)13-15-33-30(34)21-7-11-23(12-8-21)38-29-25(19-3-4-19)17-26-24(31(35)36)14-16-37-28(26)27(29)20-5-6-20;/h1-2,7-12,17,19-20,24H,3-6,13-16H2,(H,33,34)(H,35,36);/q;+1/p-1. The summed E-state index contributed by atoms with van der Waals surface area (Å²) >= 11 is 5.93. The second kappa shape index (κ2) is 11.9. The molecular formula is C31H29ClNNaO5. The average Bonchev–Trinajstić information content (AvgIpc) is 3.83. The molecule has 2 fully saturated rings. The molecule has 1 atom stereocenters. The molecule has 2 aliphatic carbocycles. The van der Waals surface area contributed by atoms with E-state index < -0.39 is 11.9 Å². The van der Waals surface area contributed by atoms with Crippen LogP contribution in [-0.4, -0.2) is 25.0 Å². The summed E-state index contributed by atoms with van der Waals surface area (Å²) < 4.78 is 12.6. The molecule has 1 unspecified atom stereocenters. The van der Waals surface area contributed by atoms with Crippen LogP contribution in [-0.2, 0) is 11.2 Å². The van der Waals surface area contributed by atoms with Crippen molar-refractivity contribution in [2.24, 2.45) is 0 Å². The summed E-state index contributed by atoms with van der Waals surface area (Å²) in [6, 6.07) is 16.7. The molecule has 0 saturated heterocycles. The van der Waals surface area contributed by atoms with Crippen molar-refractivity contribution < 1.29 is 53.7 Å². The Kier molecular flexibility index (Phi) is 8.57. The third-order valence-electron chi connectivity index (χ3n) is 7.59. The van der Waals surface area contributed by atoms with Crippen LogP contribution in [0.15, 0.2) is 54.6 Å². The van der Waals surface area contributed by atoms with Crippen molar-refractivity contribution in [2.75, 3.05) is 13.2 Å².